The minimum absolute atomic E-state index is 0.229. The van der Waals surface area contributed by atoms with Gasteiger partial charge in [-0.15, -0.1) is 0 Å². The van der Waals surface area contributed by atoms with Crippen molar-refractivity contribution < 1.29 is 9.18 Å². The van der Waals surface area contributed by atoms with E-state index in [0.717, 1.165) is 5.69 Å². The van der Waals surface area contributed by atoms with Crippen LogP contribution in [0.15, 0.2) is 48.8 Å². The van der Waals surface area contributed by atoms with Crippen LogP contribution in [0.25, 0.3) is 0 Å². The number of aromatic nitrogens is 1. The Morgan fingerprint density at radius 1 is 1.22 bits per heavy atom. The molecule has 0 saturated heterocycles. The van der Waals surface area contributed by atoms with Gasteiger partial charge in [-0.2, -0.15) is 0 Å². The summed E-state index contributed by atoms with van der Waals surface area (Å²) in [7, 11) is 3.51. The zero-order chi connectivity index (χ0) is 16.7. The van der Waals surface area contributed by atoms with Gasteiger partial charge in [-0.3, -0.25) is 14.7 Å². The van der Waals surface area contributed by atoms with Gasteiger partial charge in [0.1, 0.15) is 11.9 Å². The van der Waals surface area contributed by atoms with Crippen LogP contribution in [0, 0.1) is 5.82 Å². The van der Waals surface area contributed by atoms with Crippen molar-refractivity contribution in [1.82, 2.24) is 15.2 Å². The lowest BCUT2D eigenvalue weighted by Crippen LogP contribution is -2.39. The van der Waals surface area contributed by atoms with Gasteiger partial charge in [0.2, 0.25) is 5.91 Å². The van der Waals surface area contributed by atoms with Crippen LogP contribution in [0.4, 0.5) is 10.1 Å². The van der Waals surface area contributed by atoms with Crippen LogP contribution < -0.4 is 10.6 Å². The van der Waals surface area contributed by atoms with E-state index in [0.29, 0.717) is 18.7 Å². The van der Waals surface area contributed by atoms with Crippen LogP contribution >= 0.6 is 0 Å². The maximum Gasteiger partial charge on any atom is 0.242 e. The van der Waals surface area contributed by atoms with E-state index in [9.17, 15) is 9.18 Å². The van der Waals surface area contributed by atoms with E-state index in [-0.39, 0.29) is 11.7 Å². The molecule has 0 aliphatic rings. The average Bonchev–Trinajstić information content (AvgIpc) is 2.54. The van der Waals surface area contributed by atoms with Crippen molar-refractivity contribution in [2.45, 2.75) is 6.04 Å². The summed E-state index contributed by atoms with van der Waals surface area (Å²) >= 11 is 0. The molecular formula is C17H21FN4O. The lowest BCUT2D eigenvalue weighted by atomic mass is 10.0. The molecule has 2 rings (SSSR count). The van der Waals surface area contributed by atoms with E-state index in [1.54, 1.807) is 49.6 Å². The highest BCUT2D eigenvalue weighted by molar-refractivity contribution is 5.83. The molecule has 1 unspecified atom stereocenters. The number of pyridine rings is 1. The van der Waals surface area contributed by atoms with Crippen molar-refractivity contribution in [2.24, 2.45) is 0 Å². The first kappa shape index (κ1) is 16.9. The van der Waals surface area contributed by atoms with Gasteiger partial charge in [0, 0.05) is 31.0 Å². The molecular weight excluding hydrogens is 295 g/mol. The van der Waals surface area contributed by atoms with E-state index in [2.05, 4.69) is 15.6 Å². The lowest BCUT2D eigenvalue weighted by molar-refractivity contribution is -0.125. The quantitative estimate of drug-likeness (QED) is 0.768. The summed E-state index contributed by atoms with van der Waals surface area (Å²) < 4.78 is 13.9. The molecule has 0 saturated carbocycles. The largest absolute Gasteiger partial charge is 0.382 e. The van der Waals surface area contributed by atoms with Crippen LogP contribution in [-0.4, -0.2) is 43.0 Å². The number of carbonyl (C=O) groups is 1. The van der Waals surface area contributed by atoms with Crippen LogP contribution in [-0.2, 0) is 4.79 Å². The Morgan fingerprint density at radius 3 is 2.65 bits per heavy atom. The maximum atomic E-state index is 13.9. The van der Waals surface area contributed by atoms with Crippen molar-refractivity contribution in [2.75, 3.05) is 32.5 Å². The van der Waals surface area contributed by atoms with Gasteiger partial charge in [-0.05, 0) is 32.3 Å². The minimum Gasteiger partial charge on any atom is -0.382 e. The van der Waals surface area contributed by atoms with Gasteiger partial charge in [0.25, 0.3) is 0 Å². The molecule has 0 spiro atoms. The highest BCUT2D eigenvalue weighted by Crippen LogP contribution is 2.21. The second-order valence-electron chi connectivity index (χ2n) is 5.35. The number of amides is 1. The predicted molar refractivity (Wildman–Crippen MR) is 88.6 cm³/mol. The molecule has 1 aromatic carbocycles. The number of hydrogen-bond donors (Lipinski definition) is 2. The van der Waals surface area contributed by atoms with Crippen molar-refractivity contribution in [1.29, 1.82) is 0 Å². The van der Waals surface area contributed by atoms with Crippen molar-refractivity contribution in [3.8, 4) is 0 Å². The summed E-state index contributed by atoms with van der Waals surface area (Å²) in [4.78, 5) is 18.1. The molecule has 1 amide bonds. The molecule has 0 aliphatic carbocycles. The van der Waals surface area contributed by atoms with Crippen molar-refractivity contribution in [3.63, 3.8) is 0 Å². The van der Waals surface area contributed by atoms with Crippen LogP contribution in [0.5, 0.6) is 0 Å². The Hall–Kier alpha value is -2.47. The topological polar surface area (TPSA) is 57.3 Å². The van der Waals surface area contributed by atoms with Gasteiger partial charge >= 0.3 is 0 Å². The summed E-state index contributed by atoms with van der Waals surface area (Å²) in [5.41, 5.74) is 1.26. The summed E-state index contributed by atoms with van der Waals surface area (Å²) in [6.45, 7) is 1.00. The van der Waals surface area contributed by atoms with Crippen molar-refractivity contribution >= 4 is 11.6 Å². The summed E-state index contributed by atoms with van der Waals surface area (Å²) in [6, 6.07) is 9.41. The van der Waals surface area contributed by atoms with Gasteiger partial charge in [0.05, 0.1) is 5.69 Å². The molecule has 2 N–H and O–H groups in total. The third-order valence-corrected chi connectivity index (χ3v) is 3.38. The standard InChI is InChI=1S/C17H21FN4O/c1-22(2)16(14-7-3-4-8-15(14)18)17(23)21-11-10-20-13-6-5-9-19-12-13/h3-9,12,16,20H,10-11H2,1-2H3,(H,21,23). The van der Waals surface area contributed by atoms with E-state index in [1.807, 2.05) is 12.1 Å². The van der Waals surface area contributed by atoms with E-state index in [1.165, 1.54) is 6.07 Å². The number of halogens is 1. The first-order chi connectivity index (χ1) is 11.1. The lowest BCUT2D eigenvalue weighted by Gasteiger charge is -2.24. The SMILES string of the molecule is CN(C)C(C(=O)NCCNc1cccnc1)c1ccccc1F. The molecule has 1 aromatic heterocycles. The molecule has 0 fully saturated rings. The summed E-state index contributed by atoms with van der Waals surface area (Å²) in [5, 5.41) is 5.98. The molecule has 5 nitrogen and oxygen atoms in total. The maximum absolute atomic E-state index is 13.9. The molecule has 1 atom stereocenters. The first-order valence-electron chi connectivity index (χ1n) is 7.42. The second-order valence-corrected chi connectivity index (χ2v) is 5.35. The molecule has 6 heteroatoms. The zero-order valence-corrected chi connectivity index (χ0v) is 13.3. The fourth-order valence-corrected chi connectivity index (χ4v) is 2.31. The van der Waals surface area contributed by atoms with Gasteiger partial charge in [-0.25, -0.2) is 4.39 Å². The Morgan fingerprint density at radius 2 is 2.00 bits per heavy atom. The summed E-state index contributed by atoms with van der Waals surface area (Å²) in [6.07, 6.45) is 3.41. The molecule has 0 radical (unpaired) electrons. The second kappa shape index (κ2) is 8.24. The Bertz CT molecular complexity index is 634. The predicted octanol–water partition coefficient (Wildman–Crippen LogP) is 2.05. The average molecular weight is 316 g/mol. The molecule has 0 bridgehead atoms. The monoisotopic (exact) mass is 316 g/mol. The van der Waals surface area contributed by atoms with Crippen LogP contribution in [0.1, 0.15) is 11.6 Å². The minimum atomic E-state index is -0.658. The molecule has 1 heterocycles. The van der Waals surface area contributed by atoms with Crippen LogP contribution in [0.3, 0.4) is 0 Å². The summed E-state index contributed by atoms with van der Waals surface area (Å²) in [5.74, 6) is -0.608. The van der Waals surface area contributed by atoms with Gasteiger partial charge in [-0.1, -0.05) is 18.2 Å². The Labute approximate surface area is 135 Å². The van der Waals surface area contributed by atoms with Crippen molar-refractivity contribution in [3.05, 3.63) is 60.2 Å². The number of nitrogens with one attached hydrogen (secondary N) is 2. The third-order valence-electron chi connectivity index (χ3n) is 3.38. The van der Waals surface area contributed by atoms with Gasteiger partial charge in [0.15, 0.2) is 0 Å². The highest BCUT2D eigenvalue weighted by atomic mass is 19.1. The Balaban J connectivity index is 1.91. The molecule has 122 valence electrons. The third kappa shape index (κ3) is 4.75. The molecule has 0 aliphatic heterocycles. The highest BCUT2D eigenvalue weighted by Gasteiger charge is 2.25. The van der Waals surface area contributed by atoms with Crippen LogP contribution in [0.2, 0.25) is 0 Å². The Kier molecular flexibility index (Phi) is 6.05. The number of nitrogens with zero attached hydrogens (tertiary/aromatic N) is 2. The molecule has 23 heavy (non-hydrogen) atoms. The smallest absolute Gasteiger partial charge is 0.242 e. The van der Waals surface area contributed by atoms with Gasteiger partial charge < -0.3 is 10.6 Å². The normalized spacial score (nSPS) is 12.0. The fourth-order valence-electron chi connectivity index (χ4n) is 2.31. The molecule has 2 aromatic rings. The number of benzene rings is 1. The zero-order valence-electron chi connectivity index (χ0n) is 13.3. The number of rotatable bonds is 7. The van der Waals surface area contributed by atoms with E-state index >= 15 is 0 Å². The number of hydrogen-bond acceptors (Lipinski definition) is 4. The number of carbonyl (C=O) groups excluding carboxylic acids is 1. The van der Waals surface area contributed by atoms with E-state index in [4.69, 9.17) is 0 Å². The number of likely N-dealkylation sites (N-methyl/N-ethyl adjacent to an activating group) is 1. The van der Waals surface area contributed by atoms with E-state index < -0.39 is 6.04 Å². The number of anilines is 1. The first-order valence-corrected chi connectivity index (χ1v) is 7.42. The fraction of sp³-hybridized carbons (Fsp3) is 0.294.